The summed E-state index contributed by atoms with van der Waals surface area (Å²) >= 11 is 10.9. The molecule has 10 heavy (non-hydrogen) atoms. The lowest BCUT2D eigenvalue weighted by molar-refractivity contribution is 0.247. The minimum Gasteiger partial charge on any atom is -0.335 e. The molecule has 0 aliphatic rings. The van der Waals surface area contributed by atoms with Gasteiger partial charge in [0.05, 0.1) is 6.10 Å². The highest BCUT2D eigenvalue weighted by Gasteiger charge is 2.13. The molecule has 0 amide bonds. The Morgan fingerprint density at radius 2 is 2.10 bits per heavy atom. The third-order valence-electron chi connectivity index (χ3n) is 1.29. The number of halogens is 1. The second-order valence-electron chi connectivity index (χ2n) is 2.23. The maximum absolute atomic E-state index is 5.90. The first-order valence-electron chi connectivity index (χ1n) is 3.49. The van der Waals surface area contributed by atoms with Crippen LogP contribution < -0.4 is 0 Å². The van der Waals surface area contributed by atoms with Gasteiger partial charge in [-0.05, 0) is 13.3 Å². The van der Waals surface area contributed by atoms with Crippen LogP contribution in [0.15, 0.2) is 0 Å². The van der Waals surface area contributed by atoms with Crippen LogP contribution in [0.1, 0.15) is 27.2 Å². The normalized spacial score (nSPS) is 20.0. The van der Waals surface area contributed by atoms with Gasteiger partial charge in [0, 0.05) is 6.16 Å². The van der Waals surface area contributed by atoms with Gasteiger partial charge < -0.3 is 4.52 Å². The predicted molar refractivity (Wildman–Crippen MR) is 51.5 cm³/mol. The lowest BCUT2D eigenvalue weighted by Gasteiger charge is -2.17. The summed E-state index contributed by atoms with van der Waals surface area (Å²) in [5, 5.41) is 0. The summed E-state index contributed by atoms with van der Waals surface area (Å²) in [6.07, 6.45) is 1.96. The van der Waals surface area contributed by atoms with Crippen LogP contribution in [0.3, 0.4) is 0 Å². The van der Waals surface area contributed by atoms with Crippen molar-refractivity contribution in [3.63, 3.8) is 0 Å². The van der Waals surface area contributed by atoms with Gasteiger partial charge in [-0.25, -0.2) is 0 Å². The quantitative estimate of drug-likeness (QED) is 0.644. The van der Waals surface area contributed by atoms with Crippen molar-refractivity contribution in [3.8, 4) is 0 Å². The van der Waals surface area contributed by atoms with Crippen LogP contribution in [0, 0.1) is 0 Å². The Bertz CT molecular complexity index is 140. The molecule has 62 valence electrons. The summed E-state index contributed by atoms with van der Waals surface area (Å²) in [6.45, 7) is 6.03. The van der Waals surface area contributed by atoms with Crippen molar-refractivity contribution >= 4 is 28.7 Å². The van der Waals surface area contributed by atoms with Gasteiger partial charge in [0.1, 0.15) is 0 Å². The van der Waals surface area contributed by atoms with Crippen LogP contribution in [0.4, 0.5) is 0 Å². The van der Waals surface area contributed by atoms with Gasteiger partial charge in [-0.1, -0.05) is 36.9 Å². The molecule has 1 nitrogen and oxygen atoms in total. The molecule has 4 heteroatoms. The summed E-state index contributed by atoms with van der Waals surface area (Å²) in [7, 11) is 0. The maximum Gasteiger partial charge on any atom is 0.151 e. The van der Waals surface area contributed by atoms with E-state index in [2.05, 4.69) is 6.92 Å². The van der Waals surface area contributed by atoms with Gasteiger partial charge in [0.2, 0.25) is 0 Å². The zero-order valence-corrected chi connectivity index (χ0v) is 9.10. The summed E-state index contributed by atoms with van der Waals surface area (Å²) in [5.74, 6) is 0. The summed E-state index contributed by atoms with van der Waals surface area (Å²) in [4.78, 5) is 0. The van der Waals surface area contributed by atoms with Gasteiger partial charge in [-0.3, -0.25) is 0 Å². The fraction of sp³-hybridized carbons (Fsp3) is 1.00. The molecule has 0 aliphatic carbocycles. The van der Waals surface area contributed by atoms with Crippen LogP contribution in [0.25, 0.3) is 0 Å². The van der Waals surface area contributed by atoms with Crippen LogP contribution in [0.2, 0.25) is 0 Å². The van der Waals surface area contributed by atoms with Gasteiger partial charge in [0.25, 0.3) is 0 Å². The minimum absolute atomic E-state index is 0.211. The highest BCUT2D eigenvalue weighted by Crippen LogP contribution is 2.53. The molecule has 2 atom stereocenters. The molecule has 0 N–H and O–H groups in total. The van der Waals surface area contributed by atoms with E-state index in [0.29, 0.717) is 0 Å². The summed E-state index contributed by atoms with van der Waals surface area (Å²) in [6, 6.07) is 0. The van der Waals surface area contributed by atoms with Gasteiger partial charge >= 0.3 is 0 Å². The fourth-order valence-corrected chi connectivity index (χ4v) is 2.10. The van der Waals surface area contributed by atoms with Crippen molar-refractivity contribution in [1.29, 1.82) is 0 Å². The topological polar surface area (TPSA) is 9.23 Å². The van der Waals surface area contributed by atoms with Crippen LogP contribution >= 0.6 is 16.9 Å². The van der Waals surface area contributed by atoms with Crippen LogP contribution in [-0.2, 0) is 16.3 Å². The lowest BCUT2D eigenvalue weighted by atomic mass is 10.3. The van der Waals surface area contributed by atoms with E-state index in [-0.39, 0.29) is 6.10 Å². The van der Waals surface area contributed by atoms with E-state index in [4.69, 9.17) is 27.6 Å². The molecule has 0 radical (unpaired) electrons. The first-order valence-corrected chi connectivity index (χ1v) is 7.30. The molecule has 2 unspecified atom stereocenters. The third-order valence-corrected chi connectivity index (χ3v) is 4.71. The van der Waals surface area contributed by atoms with Crippen molar-refractivity contribution in [2.24, 2.45) is 0 Å². The lowest BCUT2D eigenvalue weighted by Crippen LogP contribution is -2.02. The van der Waals surface area contributed by atoms with E-state index >= 15 is 0 Å². The van der Waals surface area contributed by atoms with Crippen LogP contribution in [0.5, 0.6) is 0 Å². The fourth-order valence-electron chi connectivity index (χ4n) is 0.418. The molecule has 0 spiro atoms. The molecule has 0 aromatic heterocycles. The second-order valence-corrected chi connectivity index (χ2v) is 8.26. The Labute approximate surface area is 73.0 Å². The maximum atomic E-state index is 5.90. The Morgan fingerprint density at radius 3 is 2.40 bits per heavy atom. The van der Waals surface area contributed by atoms with E-state index in [0.717, 1.165) is 12.6 Å². The van der Waals surface area contributed by atoms with Crippen molar-refractivity contribution in [1.82, 2.24) is 0 Å². The first-order chi connectivity index (χ1) is 4.52. The van der Waals surface area contributed by atoms with E-state index < -0.39 is 5.62 Å². The average Bonchev–Trinajstić information content (AvgIpc) is 1.87. The smallest absolute Gasteiger partial charge is 0.151 e. The monoisotopic (exact) mass is 200 g/mol. The van der Waals surface area contributed by atoms with Crippen LogP contribution in [-0.4, -0.2) is 12.3 Å². The number of hydrogen-bond acceptors (Lipinski definition) is 2. The molecule has 0 aliphatic heterocycles. The van der Waals surface area contributed by atoms with Crippen molar-refractivity contribution in [2.75, 3.05) is 6.16 Å². The van der Waals surface area contributed by atoms with E-state index in [1.807, 2.05) is 13.8 Å². The zero-order chi connectivity index (χ0) is 8.20. The summed E-state index contributed by atoms with van der Waals surface area (Å²) in [5.41, 5.74) is -1.94. The van der Waals surface area contributed by atoms with E-state index in [1.165, 1.54) is 0 Å². The first kappa shape index (κ1) is 10.9. The van der Waals surface area contributed by atoms with Crippen molar-refractivity contribution < 1.29 is 4.52 Å². The Morgan fingerprint density at radius 1 is 1.60 bits per heavy atom. The molecule has 0 bridgehead atoms. The van der Waals surface area contributed by atoms with Gasteiger partial charge in [-0.2, -0.15) is 0 Å². The third kappa shape index (κ3) is 4.68. The van der Waals surface area contributed by atoms with Gasteiger partial charge in [-0.15, -0.1) is 0 Å². The van der Waals surface area contributed by atoms with Crippen molar-refractivity contribution in [3.05, 3.63) is 0 Å². The predicted octanol–water partition coefficient (Wildman–Crippen LogP) is 3.37. The second kappa shape index (κ2) is 4.71. The molecular formula is C6H14ClOPS. The SMILES string of the molecule is CCC(C)OP(=S)(Cl)CC. The average molecular weight is 201 g/mol. The number of hydrogen-bond donors (Lipinski definition) is 0. The molecule has 0 aromatic rings. The zero-order valence-electron chi connectivity index (χ0n) is 6.63. The summed E-state index contributed by atoms with van der Waals surface area (Å²) < 4.78 is 5.43. The molecule has 0 aromatic carbocycles. The molecule has 0 saturated heterocycles. The standard InChI is InChI=1S/C6H14ClOPS/c1-4-6(3)8-9(7,10)5-2/h6H,4-5H2,1-3H3. The highest BCUT2D eigenvalue weighted by atomic mass is 35.7. The molecular weight excluding hydrogens is 187 g/mol. The molecule has 0 fully saturated rings. The highest BCUT2D eigenvalue weighted by molar-refractivity contribution is 8.24. The van der Waals surface area contributed by atoms with Crippen molar-refractivity contribution in [2.45, 2.75) is 33.3 Å². The Kier molecular flexibility index (Phi) is 5.14. The molecule has 0 rings (SSSR count). The molecule has 0 heterocycles. The number of rotatable bonds is 4. The largest absolute Gasteiger partial charge is 0.335 e. The van der Waals surface area contributed by atoms with Gasteiger partial charge in [0.15, 0.2) is 5.62 Å². The Hall–Kier alpha value is 0.900. The molecule has 0 saturated carbocycles. The minimum atomic E-state index is -1.94. The van der Waals surface area contributed by atoms with E-state index in [9.17, 15) is 0 Å². The Balaban J connectivity index is 3.77. The van der Waals surface area contributed by atoms with E-state index in [1.54, 1.807) is 0 Å².